The van der Waals surface area contributed by atoms with Crippen LogP contribution in [0.1, 0.15) is 44.7 Å². The van der Waals surface area contributed by atoms with Gasteiger partial charge >= 0.3 is 0 Å². The molecule has 0 saturated carbocycles. The van der Waals surface area contributed by atoms with Gasteiger partial charge in [-0.25, -0.2) is 4.39 Å². The van der Waals surface area contributed by atoms with Crippen molar-refractivity contribution in [2.75, 3.05) is 0 Å². The van der Waals surface area contributed by atoms with Crippen LogP contribution in [-0.2, 0) is 0 Å². The van der Waals surface area contributed by atoms with Gasteiger partial charge in [0, 0.05) is 0 Å². The molecule has 0 N–H and O–H groups in total. The van der Waals surface area contributed by atoms with E-state index in [0.29, 0.717) is 5.92 Å². The zero-order valence-corrected chi connectivity index (χ0v) is 9.69. The van der Waals surface area contributed by atoms with Gasteiger partial charge < -0.3 is 0 Å². The molecular formula is C13H19F. The van der Waals surface area contributed by atoms with Gasteiger partial charge in [-0.05, 0) is 41.5 Å². The van der Waals surface area contributed by atoms with Crippen molar-refractivity contribution in [3.63, 3.8) is 0 Å². The lowest BCUT2D eigenvalue weighted by atomic mass is 9.76. The van der Waals surface area contributed by atoms with Crippen molar-refractivity contribution >= 4 is 0 Å². The summed E-state index contributed by atoms with van der Waals surface area (Å²) in [6.45, 7) is 10.7. The van der Waals surface area contributed by atoms with Crippen molar-refractivity contribution in [1.82, 2.24) is 0 Å². The van der Waals surface area contributed by atoms with Crippen LogP contribution in [0.4, 0.5) is 4.39 Å². The van der Waals surface area contributed by atoms with Crippen LogP contribution in [-0.4, -0.2) is 0 Å². The molecule has 1 rings (SSSR count). The molecule has 0 aliphatic rings. The Morgan fingerprint density at radius 2 is 1.79 bits per heavy atom. The lowest BCUT2D eigenvalue weighted by Gasteiger charge is -2.28. The van der Waals surface area contributed by atoms with Crippen molar-refractivity contribution < 1.29 is 4.39 Å². The molecule has 0 aromatic heterocycles. The van der Waals surface area contributed by atoms with E-state index >= 15 is 0 Å². The maximum Gasteiger partial charge on any atom is 0.123 e. The van der Waals surface area contributed by atoms with E-state index in [-0.39, 0.29) is 11.2 Å². The van der Waals surface area contributed by atoms with Crippen LogP contribution < -0.4 is 0 Å². The van der Waals surface area contributed by atoms with Crippen LogP contribution in [0, 0.1) is 18.2 Å². The van der Waals surface area contributed by atoms with Crippen molar-refractivity contribution in [2.45, 2.75) is 40.5 Å². The van der Waals surface area contributed by atoms with Crippen LogP contribution in [0.25, 0.3) is 0 Å². The molecule has 0 spiro atoms. The first-order valence-corrected chi connectivity index (χ1v) is 5.08. The Bertz CT molecular complexity index is 320. The molecule has 0 saturated heterocycles. The third kappa shape index (κ3) is 2.34. The van der Waals surface area contributed by atoms with Crippen molar-refractivity contribution in [2.24, 2.45) is 5.41 Å². The Hall–Kier alpha value is -0.850. The van der Waals surface area contributed by atoms with E-state index in [1.807, 2.05) is 13.0 Å². The molecule has 1 heteroatoms. The van der Waals surface area contributed by atoms with Gasteiger partial charge in [0.05, 0.1) is 0 Å². The van der Waals surface area contributed by atoms with E-state index in [2.05, 4.69) is 27.7 Å². The topological polar surface area (TPSA) is 0 Å². The van der Waals surface area contributed by atoms with Gasteiger partial charge in [0.15, 0.2) is 0 Å². The Morgan fingerprint density at radius 1 is 1.21 bits per heavy atom. The van der Waals surface area contributed by atoms with Gasteiger partial charge in [0.25, 0.3) is 0 Å². The Labute approximate surface area is 86.2 Å². The predicted octanol–water partition coefficient (Wildman–Crippen LogP) is 4.28. The monoisotopic (exact) mass is 194 g/mol. The molecule has 0 bridgehead atoms. The maximum absolute atomic E-state index is 13.1. The summed E-state index contributed by atoms with van der Waals surface area (Å²) in [5, 5.41) is 0. The molecule has 1 aromatic carbocycles. The summed E-state index contributed by atoms with van der Waals surface area (Å²) in [5.41, 5.74) is 2.48. The van der Waals surface area contributed by atoms with Crippen LogP contribution in [0.3, 0.4) is 0 Å². The van der Waals surface area contributed by atoms with Gasteiger partial charge in [0.1, 0.15) is 5.82 Å². The van der Waals surface area contributed by atoms with Crippen LogP contribution in [0.5, 0.6) is 0 Å². The summed E-state index contributed by atoms with van der Waals surface area (Å²) < 4.78 is 13.1. The first-order valence-electron chi connectivity index (χ1n) is 5.08. The van der Waals surface area contributed by atoms with Crippen molar-refractivity contribution in [1.29, 1.82) is 0 Å². The van der Waals surface area contributed by atoms with Crippen LogP contribution in [0.15, 0.2) is 18.2 Å². The molecular weight excluding hydrogens is 175 g/mol. The molecule has 0 fully saturated rings. The van der Waals surface area contributed by atoms with E-state index in [0.717, 1.165) is 5.56 Å². The highest BCUT2D eigenvalue weighted by molar-refractivity contribution is 5.30. The van der Waals surface area contributed by atoms with Crippen molar-refractivity contribution in [3.8, 4) is 0 Å². The zero-order chi connectivity index (χ0) is 10.9. The smallest absolute Gasteiger partial charge is 0.123 e. The summed E-state index contributed by atoms with van der Waals surface area (Å²) >= 11 is 0. The normalized spacial score (nSPS) is 14.1. The number of hydrogen-bond acceptors (Lipinski definition) is 0. The van der Waals surface area contributed by atoms with E-state index in [1.165, 1.54) is 11.6 Å². The summed E-state index contributed by atoms with van der Waals surface area (Å²) in [5.74, 6) is 0.236. The molecule has 0 amide bonds. The quantitative estimate of drug-likeness (QED) is 0.625. The molecule has 1 aromatic rings. The molecule has 1 unspecified atom stereocenters. The number of hydrogen-bond donors (Lipinski definition) is 0. The highest BCUT2D eigenvalue weighted by Crippen LogP contribution is 2.36. The summed E-state index contributed by atoms with van der Waals surface area (Å²) in [6.07, 6.45) is 0. The summed E-state index contributed by atoms with van der Waals surface area (Å²) in [7, 11) is 0. The zero-order valence-electron chi connectivity index (χ0n) is 9.69. The lowest BCUT2D eigenvalue weighted by Crippen LogP contribution is -2.16. The number of rotatable bonds is 1. The first kappa shape index (κ1) is 11.2. The highest BCUT2D eigenvalue weighted by Gasteiger charge is 2.23. The minimum Gasteiger partial charge on any atom is -0.207 e. The molecule has 0 aliphatic carbocycles. The van der Waals surface area contributed by atoms with Gasteiger partial charge in [-0.15, -0.1) is 0 Å². The third-order valence-corrected chi connectivity index (χ3v) is 3.01. The van der Waals surface area contributed by atoms with Gasteiger partial charge in [0.2, 0.25) is 0 Å². The maximum atomic E-state index is 13.1. The Kier molecular flexibility index (Phi) is 2.98. The minimum absolute atomic E-state index is 0.137. The summed E-state index contributed by atoms with van der Waals surface area (Å²) in [6, 6.07) is 5.03. The molecule has 78 valence electrons. The Balaban J connectivity index is 3.12. The molecule has 0 heterocycles. The van der Waals surface area contributed by atoms with E-state index in [9.17, 15) is 4.39 Å². The average molecular weight is 194 g/mol. The van der Waals surface area contributed by atoms with E-state index < -0.39 is 0 Å². The fraction of sp³-hybridized carbons (Fsp3) is 0.538. The second-order valence-corrected chi connectivity index (χ2v) is 5.09. The second-order valence-electron chi connectivity index (χ2n) is 5.09. The molecule has 14 heavy (non-hydrogen) atoms. The van der Waals surface area contributed by atoms with Crippen LogP contribution >= 0.6 is 0 Å². The largest absolute Gasteiger partial charge is 0.207 e. The Morgan fingerprint density at radius 3 is 2.29 bits per heavy atom. The number of benzene rings is 1. The van der Waals surface area contributed by atoms with Gasteiger partial charge in [-0.3, -0.25) is 0 Å². The van der Waals surface area contributed by atoms with Gasteiger partial charge in [-0.2, -0.15) is 0 Å². The molecule has 1 atom stereocenters. The average Bonchev–Trinajstić information content (AvgIpc) is 2.06. The number of halogens is 1. The lowest BCUT2D eigenvalue weighted by molar-refractivity contribution is 0.338. The second kappa shape index (κ2) is 3.72. The standard InChI is InChI=1S/C13H19F/c1-9-6-7-11(14)8-12(9)10(2)13(3,4)5/h6-8,10H,1-5H3. The first-order chi connectivity index (χ1) is 6.32. The molecule has 0 nitrogen and oxygen atoms in total. The van der Waals surface area contributed by atoms with Crippen LogP contribution in [0.2, 0.25) is 0 Å². The molecule has 0 radical (unpaired) electrons. The molecule has 0 aliphatic heterocycles. The highest BCUT2D eigenvalue weighted by atomic mass is 19.1. The minimum atomic E-state index is -0.137. The fourth-order valence-electron chi connectivity index (χ4n) is 1.54. The fourth-order valence-corrected chi connectivity index (χ4v) is 1.54. The van der Waals surface area contributed by atoms with E-state index in [4.69, 9.17) is 0 Å². The SMILES string of the molecule is Cc1ccc(F)cc1C(C)C(C)(C)C. The van der Waals surface area contributed by atoms with Crippen molar-refractivity contribution in [3.05, 3.63) is 35.1 Å². The predicted molar refractivity (Wildman–Crippen MR) is 59.0 cm³/mol. The van der Waals surface area contributed by atoms with E-state index in [1.54, 1.807) is 6.07 Å². The van der Waals surface area contributed by atoms with Gasteiger partial charge in [-0.1, -0.05) is 33.8 Å². The summed E-state index contributed by atoms with van der Waals surface area (Å²) in [4.78, 5) is 0. The third-order valence-electron chi connectivity index (χ3n) is 3.01. The number of aryl methyl sites for hydroxylation is 1.